The average Bonchev–Trinajstić information content (AvgIpc) is 2.99. The molecule has 1 spiro atoms. The first kappa shape index (κ1) is 21.5. The summed E-state index contributed by atoms with van der Waals surface area (Å²) in [7, 11) is 0. The van der Waals surface area contributed by atoms with Crippen LogP contribution in [0.25, 0.3) is 0 Å². The fourth-order valence-electron chi connectivity index (χ4n) is 4.42. The molecule has 3 rings (SSSR count). The second kappa shape index (κ2) is 7.57. The van der Waals surface area contributed by atoms with E-state index >= 15 is 0 Å². The number of amides is 1. The summed E-state index contributed by atoms with van der Waals surface area (Å²) in [4.78, 5) is 36.9. The van der Waals surface area contributed by atoms with E-state index in [0.29, 0.717) is 18.8 Å². The number of nitro benzene ring substituents is 1. The molecule has 0 radical (unpaired) electrons. The SMILES string of the molecule is CC(C)(C)C1CCC2(CC1)OC[C@@H](C(=O)O)N2C(=O)c1ccc(Cl)c([N+](=O)[O-])c1. The van der Waals surface area contributed by atoms with Crippen LogP contribution in [0.15, 0.2) is 18.2 Å². The Balaban J connectivity index is 1.95. The first-order valence-electron chi connectivity index (χ1n) is 9.61. The van der Waals surface area contributed by atoms with E-state index in [1.54, 1.807) is 0 Å². The molecule has 1 aromatic rings. The van der Waals surface area contributed by atoms with Gasteiger partial charge in [0.2, 0.25) is 0 Å². The Morgan fingerprint density at radius 2 is 1.93 bits per heavy atom. The lowest BCUT2D eigenvalue weighted by atomic mass is 9.70. The van der Waals surface area contributed by atoms with E-state index in [2.05, 4.69) is 20.8 Å². The van der Waals surface area contributed by atoms with Crippen molar-refractivity contribution in [1.29, 1.82) is 0 Å². The molecule has 1 aromatic carbocycles. The van der Waals surface area contributed by atoms with Crippen molar-refractivity contribution in [3.63, 3.8) is 0 Å². The third kappa shape index (κ3) is 3.96. The molecule has 158 valence electrons. The molecular weight excluding hydrogens is 400 g/mol. The number of ether oxygens (including phenoxy) is 1. The molecule has 0 bridgehead atoms. The molecule has 1 atom stereocenters. The second-order valence-electron chi connectivity index (χ2n) is 8.85. The summed E-state index contributed by atoms with van der Waals surface area (Å²) < 4.78 is 5.94. The molecule has 9 heteroatoms. The van der Waals surface area contributed by atoms with Crippen LogP contribution in [0.1, 0.15) is 56.8 Å². The highest BCUT2D eigenvalue weighted by Crippen LogP contribution is 2.47. The van der Waals surface area contributed by atoms with Gasteiger partial charge >= 0.3 is 5.97 Å². The molecule has 1 aliphatic carbocycles. The van der Waals surface area contributed by atoms with E-state index in [-0.39, 0.29) is 22.6 Å². The number of carboxylic acids is 1. The number of rotatable bonds is 3. The molecule has 1 amide bonds. The van der Waals surface area contributed by atoms with Crippen LogP contribution in [-0.4, -0.2) is 45.2 Å². The summed E-state index contributed by atoms with van der Waals surface area (Å²) >= 11 is 5.85. The van der Waals surface area contributed by atoms with Crippen LogP contribution in [0.3, 0.4) is 0 Å². The first-order valence-corrected chi connectivity index (χ1v) is 9.98. The summed E-state index contributed by atoms with van der Waals surface area (Å²) in [6.45, 7) is 6.40. The van der Waals surface area contributed by atoms with Crippen LogP contribution in [0.4, 0.5) is 5.69 Å². The van der Waals surface area contributed by atoms with Crippen molar-refractivity contribution in [2.75, 3.05) is 6.61 Å². The number of aliphatic carboxylic acids is 1. The maximum absolute atomic E-state index is 13.3. The maximum Gasteiger partial charge on any atom is 0.328 e. The Morgan fingerprint density at radius 3 is 2.45 bits per heavy atom. The number of hydrogen-bond donors (Lipinski definition) is 1. The molecule has 29 heavy (non-hydrogen) atoms. The van der Waals surface area contributed by atoms with Gasteiger partial charge in [0, 0.05) is 11.6 Å². The zero-order valence-electron chi connectivity index (χ0n) is 16.7. The van der Waals surface area contributed by atoms with E-state index in [4.69, 9.17) is 16.3 Å². The standard InChI is InChI=1S/C20H25ClN2O6/c1-19(2,3)13-6-8-20(9-7-13)22(16(11-29-20)18(25)26)17(24)12-4-5-14(21)15(10-12)23(27)28/h4-5,10,13,16H,6-9,11H2,1-3H3,(H,25,26)/t13?,16-,20?/m0/s1. The van der Waals surface area contributed by atoms with Crippen molar-refractivity contribution >= 4 is 29.2 Å². The molecule has 1 aliphatic heterocycles. The van der Waals surface area contributed by atoms with E-state index in [1.165, 1.54) is 17.0 Å². The number of carboxylic acid groups (broad SMARTS) is 1. The van der Waals surface area contributed by atoms with Crippen LogP contribution in [0.5, 0.6) is 0 Å². The molecule has 0 aromatic heterocycles. The summed E-state index contributed by atoms with van der Waals surface area (Å²) in [5.41, 5.74) is -1.26. The van der Waals surface area contributed by atoms with Crippen LogP contribution in [0, 0.1) is 21.4 Å². The molecule has 2 fully saturated rings. The number of halogens is 1. The summed E-state index contributed by atoms with van der Waals surface area (Å²) in [6, 6.07) is 2.62. The van der Waals surface area contributed by atoms with Crippen LogP contribution in [0.2, 0.25) is 5.02 Å². The summed E-state index contributed by atoms with van der Waals surface area (Å²) in [5.74, 6) is -1.31. The number of hydrogen-bond acceptors (Lipinski definition) is 5. The quantitative estimate of drug-likeness (QED) is 0.577. The Bertz CT molecular complexity index is 842. The zero-order chi connectivity index (χ0) is 21.6. The molecule has 2 aliphatic rings. The van der Waals surface area contributed by atoms with Crippen molar-refractivity contribution in [2.24, 2.45) is 11.3 Å². The van der Waals surface area contributed by atoms with Gasteiger partial charge in [-0.05, 0) is 49.1 Å². The van der Waals surface area contributed by atoms with Gasteiger partial charge in [0.1, 0.15) is 10.7 Å². The molecular formula is C20H25ClN2O6. The Labute approximate surface area is 173 Å². The van der Waals surface area contributed by atoms with Gasteiger partial charge in [0.15, 0.2) is 6.04 Å². The number of nitrogens with zero attached hydrogens (tertiary/aromatic N) is 2. The largest absolute Gasteiger partial charge is 0.480 e. The first-order chi connectivity index (χ1) is 13.5. The van der Waals surface area contributed by atoms with Crippen molar-refractivity contribution in [3.8, 4) is 0 Å². The Morgan fingerprint density at radius 1 is 1.31 bits per heavy atom. The number of carbonyl (C=O) groups is 2. The lowest BCUT2D eigenvalue weighted by Gasteiger charge is -2.46. The third-order valence-corrected chi connectivity index (χ3v) is 6.47. The highest BCUT2D eigenvalue weighted by Gasteiger charge is 2.54. The molecule has 8 nitrogen and oxygen atoms in total. The van der Waals surface area contributed by atoms with Gasteiger partial charge in [0.25, 0.3) is 11.6 Å². The Hall–Kier alpha value is -2.19. The number of carbonyl (C=O) groups excluding carboxylic acids is 1. The smallest absolute Gasteiger partial charge is 0.328 e. The van der Waals surface area contributed by atoms with Gasteiger partial charge in [-0.3, -0.25) is 19.8 Å². The number of nitro groups is 1. The van der Waals surface area contributed by atoms with Gasteiger partial charge < -0.3 is 9.84 Å². The van der Waals surface area contributed by atoms with Gasteiger partial charge in [-0.15, -0.1) is 0 Å². The summed E-state index contributed by atoms with van der Waals surface area (Å²) in [6.07, 6.45) is 2.67. The van der Waals surface area contributed by atoms with Crippen molar-refractivity contribution in [2.45, 2.75) is 58.2 Å². The van der Waals surface area contributed by atoms with Crippen LogP contribution < -0.4 is 0 Å². The second-order valence-corrected chi connectivity index (χ2v) is 9.26. The fraction of sp³-hybridized carbons (Fsp3) is 0.600. The van der Waals surface area contributed by atoms with Gasteiger partial charge in [0.05, 0.1) is 11.5 Å². The molecule has 0 unspecified atom stereocenters. The number of benzene rings is 1. The van der Waals surface area contributed by atoms with Crippen LogP contribution >= 0.6 is 11.6 Å². The van der Waals surface area contributed by atoms with Crippen molar-refractivity contribution in [3.05, 3.63) is 38.9 Å². The minimum Gasteiger partial charge on any atom is -0.480 e. The minimum absolute atomic E-state index is 0.0233. The molecule has 1 saturated carbocycles. The normalized spacial score (nSPS) is 27.2. The van der Waals surface area contributed by atoms with Crippen molar-refractivity contribution < 1.29 is 24.4 Å². The van der Waals surface area contributed by atoms with Crippen molar-refractivity contribution in [1.82, 2.24) is 4.90 Å². The molecule has 1 heterocycles. The van der Waals surface area contributed by atoms with E-state index in [0.717, 1.165) is 18.9 Å². The Kier molecular flexibility index (Phi) is 5.62. The highest BCUT2D eigenvalue weighted by atomic mass is 35.5. The van der Waals surface area contributed by atoms with Gasteiger partial charge in [-0.2, -0.15) is 0 Å². The fourth-order valence-corrected chi connectivity index (χ4v) is 4.60. The van der Waals surface area contributed by atoms with Gasteiger partial charge in [-0.25, -0.2) is 4.79 Å². The highest BCUT2D eigenvalue weighted by molar-refractivity contribution is 6.32. The molecule has 1 N–H and O–H groups in total. The zero-order valence-corrected chi connectivity index (χ0v) is 17.4. The third-order valence-electron chi connectivity index (χ3n) is 6.15. The van der Waals surface area contributed by atoms with Gasteiger partial charge in [-0.1, -0.05) is 32.4 Å². The van der Waals surface area contributed by atoms with E-state index in [9.17, 15) is 24.8 Å². The lowest BCUT2D eigenvalue weighted by Crippen LogP contribution is -2.55. The topological polar surface area (TPSA) is 110 Å². The van der Waals surface area contributed by atoms with Crippen LogP contribution in [-0.2, 0) is 9.53 Å². The summed E-state index contributed by atoms with van der Waals surface area (Å²) in [5, 5.41) is 20.8. The monoisotopic (exact) mass is 424 g/mol. The molecule has 1 saturated heterocycles. The maximum atomic E-state index is 13.3. The van der Waals surface area contributed by atoms with E-state index < -0.39 is 34.3 Å². The predicted molar refractivity (Wildman–Crippen MR) is 106 cm³/mol. The minimum atomic E-state index is -1.16. The lowest BCUT2D eigenvalue weighted by molar-refractivity contribution is -0.384. The predicted octanol–water partition coefficient (Wildman–Crippen LogP) is 4.11. The van der Waals surface area contributed by atoms with E-state index in [1.807, 2.05) is 0 Å². The average molecular weight is 425 g/mol.